The van der Waals surface area contributed by atoms with Gasteiger partial charge in [0, 0.05) is 18.4 Å². The van der Waals surface area contributed by atoms with Gasteiger partial charge in [0.25, 0.3) is 0 Å². The number of aromatic nitrogens is 1. The van der Waals surface area contributed by atoms with E-state index in [4.69, 9.17) is 4.74 Å². The van der Waals surface area contributed by atoms with Crippen LogP contribution in [-0.4, -0.2) is 23.4 Å². The normalized spacial score (nSPS) is 11.9. The molecule has 2 aromatic carbocycles. The smallest absolute Gasteiger partial charge is 0.244 e. The molecule has 0 aliphatic heterocycles. The molecule has 0 fully saturated rings. The summed E-state index contributed by atoms with van der Waals surface area (Å²) in [6.45, 7) is 5.72. The molecular formula is C24H24FN3O3S. The molecule has 1 aromatic heterocycles. The van der Waals surface area contributed by atoms with Gasteiger partial charge in [-0.3, -0.25) is 14.5 Å². The average Bonchev–Trinajstić information content (AvgIpc) is 3.22. The molecule has 2 amide bonds. The molecule has 8 heteroatoms. The van der Waals surface area contributed by atoms with Gasteiger partial charge >= 0.3 is 0 Å². The summed E-state index contributed by atoms with van der Waals surface area (Å²) in [6.07, 6.45) is 2.93. The van der Waals surface area contributed by atoms with Crippen LogP contribution in [0.4, 0.5) is 15.2 Å². The third-order valence-electron chi connectivity index (χ3n) is 4.54. The first kappa shape index (κ1) is 23.1. The van der Waals surface area contributed by atoms with Crippen LogP contribution in [0.5, 0.6) is 5.75 Å². The Morgan fingerprint density at radius 1 is 1.25 bits per heavy atom. The van der Waals surface area contributed by atoms with Gasteiger partial charge in [0.2, 0.25) is 11.8 Å². The molecule has 0 aliphatic carbocycles. The van der Waals surface area contributed by atoms with E-state index in [0.717, 1.165) is 11.3 Å². The van der Waals surface area contributed by atoms with Crippen LogP contribution < -0.4 is 15.0 Å². The van der Waals surface area contributed by atoms with E-state index in [-0.39, 0.29) is 23.5 Å². The highest BCUT2D eigenvalue weighted by atomic mass is 32.1. The van der Waals surface area contributed by atoms with Crippen LogP contribution in [0.15, 0.2) is 60.0 Å². The number of nitrogens with zero attached hydrogens (tertiary/aromatic N) is 2. The highest BCUT2D eigenvalue weighted by molar-refractivity contribution is 7.14. The lowest BCUT2D eigenvalue weighted by Crippen LogP contribution is -2.24. The molecular weight excluding hydrogens is 429 g/mol. The van der Waals surface area contributed by atoms with Crippen LogP contribution >= 0.6 is 11.3 Å². The van der Waals surface area contributed by atoms with Gasteiger partial charge in [0.1, 0.15) is 11.6 Å². The predicted octanol–water partition coefficient (Wildman–Crippen LogP) is 5.26. The van der Waals surface area contributed by atoms with Crippen molar-refractivity contribution in [3.8, 4) is 5.75 Å². The first-order chi connectivity index (χ1) is 15.4. The minimum absolute atomic E-state index is 0.130. The Balaban J connectivity index is 1.68. The van der Waals surface area contributed by atoms with Crippen LogP contribution in [0.3, 0.4) is 0 Å². The summed E-state index contributed by atoms with van der Waals surface area (Å²) in [4.78, 5) is 30.1. The molecule has 1 atom stereocenters. The van der Waals surface area contributed by atoms with Crippen molar-refractivity contribution in [2.75, 3.05) is 11.5 Å². The topological polar surface area (TPSA) is 71.5 Å². The van der Waals surface area contributed by atoms with Crippen molar-refractivity contribution >= 4 is 40.0 Å². The second-order valence-electron chi connectivity index (χ2n) is 6.93. The molecule has 0 aliphatic rings. The van der Waals surface area contributed by atoms with E-state index >= 15 is 0 Å². The molecule has 3 rings (SSSR count). The van der Waals surface area contributed by atoms with Crippen LogP contribution in [0.2, 0.25) is 0 Å². The molecule has 3 aromatic rings. The van der Waals surface area contributed by atoms with Gasteiger partial charge in [-0.15, -0.1) is 11.3 Å². The van der Waals surface area contributed by atoms with Gasteiger partial charge < -0.3 is 10.1 Å². The third-order valence-corrected chi connectivity index (χ3v) is 5.39. The van der Waals surface area contributed by atoms with Crippen LogP contribution in [0.1, 0.15) is 38.1 Å². The van der Waals surface area contributed by atoms with E-state index < -0.39 is 5.82 Å². The Morgan fingerprint density at radius 3 is 2.75 bits per heavy atom. The van der Waals surface area contributed by atoms with Gasteiger partial charge in [-0.25, -0.2) is 9.37 Å². The number of nitrogens with one attached hydrogen (secondary N) is 1. The molecule has 1 unspecified atom stereocenters. The van der Waals surface area contributed by atoms with Crippen molar-refractivity contribution in [3.63, 3.8) is 0 Å². The number of hydrogen-bond acceptors (Lipinski definition) is 5. The maximum atomic E-state index is 14.2. The number of para-hydroxylation sites is 1. The number of thiazole rings is 1. The average molecular weight is 454 g/mol. The number of halogens is 1. The van der Waals surface area contributed by atoms with Crippen molar-refractivity contribution in [1.82, 2.24) is 10.3 Å². The quantitative estimate of drug-likeness (QED) is 0.473. The summed E-state index contributed by atoms with van der Waals surface area (Å²) in [7, 11) is 0. The number of rotatable bonds is 8. The molecule has 166 valence electrons. The minimum atomic E-state index is -0.517. The van der Waals surface area contributed by atoms with E-state index in [0.29, 0.717) is 17.4 Å². The molecule has 0 saturated carbocycles. The van der Waals surface area contributed by atoms with E-state index in [9.17, 15) is 14.0 Å². The lowest BCUT2D eigenvalue weighted by atomic mass is 10.1. The van der Waals surface area contributed by atoms with Gasteiger partial charge in [-0.05, 0) is 49.8 Å². The summed E-state index contributed by atoms with van der Waals surface area (Å²) in [6, 6.07) is 13.4. The molecule has 1 N–H and O–H groups in total. The van der Waals surface area contributed by atoms with Gasteiger partial charge in [-0.2, -0.15) is 0 Å². The zero-order valence-electron chi connectivity index (χ0n) is 18.0. The fraction of sp³-hybridized carbons (Fsp3) is 0.208. The van der Waals surface area contributed by atoms with E-state index in [1.54, 1.807) is 23.6 Å². The zero-order chi connectivity index (χ0) is 23.1. The van der Waals surface area contributed by atoms with Gasteiger partial charge in [0.15, 0.2) is 5.13 Å². The van der Waals surface area contributed by atoms with Crippen molar-refractivity contribution in [2.24, 2.45) is 0 Å². The molecule has 0 saturated heterocycles. The fourth-order valence-corrected chi connectivity index (χ4v) is 3.89. The van der Waals surface area contributed by atoms with Crippen molar-refractivity contribution in [3.05, 3.63) is 77.1 Å². The van der Waals surface area contributed by atoms with Crippen molar-refractivity contribution < 1.29 is 18.7 Å². The third kappa shape index (κ3) is 5.79. The highest BCUT2D eigenvalue weighted by Gasteiger charge is 2.20. The minimum Gasteiger partial charge on any atom is -0.494 e. The largest absolute Gasteiger partial charge is 0.494 e. The number of carbonyl (C=O) groups excluding carboxylic acids is 2. The van der Waals surface area contributed by atoms with Gasteiger partial charge in [0.05, 0.1) is 24.0 Å². The van der Waals surface area contributed by atoms with Crippen molar-refractivity contribution in [2.45, 2.75) is 26.8 Å². The maximum absolute atomic E-state index is 14.2. The first-order valence-electron chi connectivity index (χ1n) is 10.1. The van der Waals surface area contributed by atoms with E-state index in [2.05, 4.69) is 10.3 Å². The number of hydrogen-bond donors (Lipinski definition) is 1. The second-order valence-corrected chi connectivity index (χ2v) is 7.77. The lowest BCUT2D eigenvalue weighted by molar-refractivity contribution is -0.117. The fourth-order valence-electron chi connectivity index (χ4n) is 3.04. The standard InChI is InChI=1S/C24H24FN3O3S/c1-4-31-20-9-7-8-18(14-20)16(2)26-23(30)13-12-19-15-32-24(27-19)28(17(3)29)22-11-6-5-10-21(22)25/h5-16H,4H2,1-3H3,(H,26,30)/b13-12+. The van der Waals surface area contributed by atoms with E-state index in [1.165, 1.54) is 41.4 Å². The molecule has 1 heterocycles. The number of amides is 2. The Labute approximate surface area is 190 Å². The lowest BCUT2D eigenvalue weighted by Gasteiger charge is -2.18. The van der Waals surface area contributed by atoms with Crippen LogP contribution in [-0.2, 0) is 9.59 Å². The summed E-state index contributed by atoms with van der Waals surface area (Å²) >= 11 is 1.19. The summed E-state index contributed by atoms with van der Waals surface area (Å²) in [5.74, 6) is -0.412. The SMILES string of the molecule is CCOc1cccc(C(C)NC(=O)/C=C/c2csc(N(C(C)=O)c3ccccc3F)n2)c1. The Morgan fingerprint density at radius 2 is 2.03 bits per heavy atom. The Bertz CT molecular complexity index is 1130. The molecule has 0 radical (unpaired) electrons. The number of carbonyl (C=O) groups is 2. The molecule has 6 nitrogen and oxygen atoms in total. The molecule has 0 bridgehead atoms. The molecule has 0 spiro atoms. The zero-order valence-corrected chi connectivity index (χ0v) is 18.9. The number of anilines is 2. The maximum Gasteiger partial charge on any atom is 0.244 e. The predicted molar refractivity (Wildman–Crippen MR) is 125 cm³/mol. The summed E-state index contributed by atoms with van der Waals surface area (Å²) < 4.78 is 19.7. The Kier molecular flexibility index (Phi) is 7.72. The highest BCUT2D eigenvalue weighted by Crippen LogP contribution is 2.31. The Hall–Kier alpha value is -3.52. The molecule has 32 heavy (non-hydrogen) atoms. The summed E-state index contributed by atoms with van der Waals surface area (Å²) in [5.41, 5.74) is 1.55. The van der Waals surface area contributed by atoms with Crippen molar-refractivity contribution in [1.29, 1.82) is 0 Å². The second kappa shape index (κ2) is 10.7. The van der Waals surface area contributed by atoms with E-state index in [1.807, 2.05) is 38.1 Å². The number of benzene rings is 2. The van der Waals surface area contributed by atoms with Crippen LogP contribution in [0, 0.1) is 5.82 Å². The number of ether oxygens (including phenoxy) is 1. The first-order valence-corrected chi connectivity index (χ1v) is 11.0. The van der Waals surface area contributed by atoms with Crippen LogP contribution in [0.25, 0.3) is 6.08 Å². The monoisotopic (exact) mass is 453 g/mol. The summed E-state index contributed by atoms with van der Waals surface area (Å²) in [5, 5.41) is 4.92. The van der Waals surface area contributed by atoms with Gasteiger partial charge in [-0.1, -0.05) is 24.3 Å².